The zero-order chi connectivity index (χ0) is 17.1. The molecule has 1 aromatic heterocycles. The molecule has 3 rings (SSSR count). The van der Waals surface area contributed by atoms with Gasteiger partial charge < -0.3 is 14.1 Å². The lowest BCUT2D eigenvalue weighted by Crippen LogP contribution is -3.12. The summed E-state index contributed by atoms with van der Waals surface area (Å²) in [4.78, 5) is 25.7. The number of rotatable bonds is 4. The third-order valence-corrected chi connectivity index (χ3v) is 4.79. The van der Waals surface area contributed by atoms with Crippen LogP contribution in [0.4, 0.5) is 0 Å². The number of quaternary nitrogens is 1. The van der Waals surface area contributed by atoms with Crippen molar-refractivity contribution in [2.45, 2.75) is 26.3 Å². The van der Waals surface area contributed by atoms with Crippen LogP contribution in [0.1, 0.15) is 25.3 Å². The Morgan fingerprint density at radius 1 is 1.38 bits per heavy atom. The van der Waals surface area contributed by atoms with Crippen LogP contribution >= 0.6 is 11.6 Å². The van der Waals surface area contributed by atoms with Crippen LogP contribution in [0.15, 0.2) is 33.7 Å². The van der Waals surface area contributed by atoms with E-state index in [0.29, 0.717) is 34.7 Å². The third-order valence-electron chi connectivity index (χ3n) is 4.56. The lowest BCUT2D eigenvalue weighted by molar-refractivity contribution is -0.919. The number of hydrogen-bond acceptors (Lipinski definition) is 4. The molecule has 24 heavy (non-hydrogen) atoms. The number of carbonyl (C=O) groups is 1. The fourth-order valence-electron chi connectivity index (χ4n) is 3.23. The summed E-state index contributed by atoms with van der Waals surface area (Å²) in [5.74, 6) is -0.114. The predicted molar refractivity (Wildman–Crippen MR) is 91.3 cm³/mol. The number of carbonyl (C=O) groups excluding carboxylic acids is 1. The first-order valence-electron chi connectivity index (χ1n) is 8.28. The number of piperidine rings is 1. The van der Waals surface area contributed by atoms with Crippen molar-refractivity contribution in [1.29, 1.82) is 0 Å². The first-order valence-corrected chi connectivity index (χ1v) is 8.66. The number of halogens is 1. The summed E-state index contributed by atoms with van der Waals surface area (Å²) in [7, 11) is 0. The van der Waals surface area contributed by atoms with E-state index in [4.69, 9.17) is 20.8 Å². The molecule has 0 saturated carbocycles. The lowest BCUT2D eigenvalue weighted by atomic mass is 9.96. The van der Waals surface area contributed by atoms with Crippen molar-refractivity contribution < 1.29 is 18.8 Å². The maximum Gasteiger partial charge on any atom is 0.309 e. The van der Waals surface area contributed by atoms with E-state index in [-0.39, 0.29) is 17.3 Å². The summed E-state index contributed by atoms with van der Waals surface area (Å²) in [6.07, 6.45) is 3.13. The molecule has 0 amide bonds. The first kappa shape index (κ1) is 17.0. The first-order chi connectivity index (χ1) is 11.6. The molecule has 0 radical (unpaired) electrons. The molecule has 1 aliphatic rings. The lowest BCUT2D eigenvalue weighted by Gasteiger charge is -2.27. The minimum absolute atomic E-state index is 0.0134. The van der Waals surface area contributed by atoms with Crippen molar-refractivity contribution in [3.8, 4) is 0 Å². The average molecular weight is 351 g/mol. The summed E-state index contributed by atoms with van der Waals surface area (Å²) in [5, 5.41) is 1.04. The molecule has 0 atom stereocenters. The minimum atomic E-state index is -0.101. The van der Waals surface area contributed by atoms with Gasteiger partial charge in [0, 0.05) is 17.9 Å². The summed E-state index contributed by atoms with van der Waals surface area (Å²) in [6.45, 7) is 4.53. The normalized spacial score (nSPS) is 20.9. The van der Waals surface area contributed by atoms with Crippen LogP contribution in [0.5, 0.6) is 0 Å². The quantitative estimate of drug-likeness (QED) is 0.854. The van der Waals surface area contributed by atoms with Gasteiger partial charge in [-0.25, -0.2) is 0 Å². The highest BCUT2D eigenvalue weighted by Gasteiger charge is 2.29. The molecule has 1 aliphatic heterocycles. The van der Waals surface area contributed by atoms with Crippen LogP contribution < -0.4 is 10.3 Å². The Labute approximate surface area is 145 Å². The Kier molecular flexibility index (Phi) is 5.21. The smallest absolute Gasteiger partial charge is 0.309 e. The summed E-state index contributed by atoms with van der Waals surface area (Å²) < 4.78 is 10.7. The number of esters is 1. The minimum Gasteiger partial charge on any atom is -0.466 e. The van der Waals surface area contributed by atoms with E-state index in [1.54, 1.807) is 24.5 Å². The van der Waals surface area contributed by atoms with Crippen molar-refractivity contribution in [2.24, 2.45) is 5.92 Å². The molecule has 5 nitrogen and oxygen atoms in total. The van der Waals surface area contributed by atoms with Crippen LogP contribution in [-0.4, -0.2) is 25.7 Å². The standard InChI is InChI=1S/C18H20ClNO4/c1-2-23-18(22)12-5-7-20(8-6-12)10-13-11-24-16-4-3-14(19)9-15(16)17(13)21/h3-4,9,11-12H,2,5-8,10H2,1H3/p+1. The number of fused-ring (bicyclic) bond motifs is 1. The van der Waals surface area contributed by atoms with Gasteiger partial charge in [0.15, 0.2) is 0 Å². The van der Waals surface area contributed by atoms with Crippen LogP contribution in [0.25, 0.3) is 11.0 Å². The van der Waals surface area contributed by atoms with Crippen LogP contribution in [0.3, 0.4) is 0 Å². The molecule has 0 aliphatic carbocycles. The molecule has 0 unspecified atom stereocenters. The molecule has 128 valence electrons. The van der Waals surface area contributed by atoms with Crippen molar-refractivity contribution in [3.63, 3.8) is 0 Å². The molecule has 1 saturated heterocycles. The molecule has 1 N–H and O–H groups in total. The van der Waals surface area contributed by atoms with Gasteiger partial charge in [-0.3, -0.25) is 9.59 Å². The van der Waals surface area contributed by atoms with E-state index in [1.807, 2.05) is 6.92 Å². The highest BCUT2D eigenvalue weighted by Crippen LogP contribution is 2.17. The Morgan fingerprint density at radius 3 is 2.83 bits per heavy atom. The molecule has 6 heteroatoms. The topological polar surface area (TPSA) is 61.0 Å². The van der Waals surface area contributed by atoms with E-state index in [2.05, 4.69) is 0 Å². The zero-order valence-electron chi connectivity index (χ0n) is 13.6. The van der Waals surface area contributed by atoms with Gasteiger partial charge in [-0.2, -0.15) is 0 Å². The SMILES string of the molecule is CCOC(=O)C1CC[NH+](Cc2coc3ccc(Cl)cc3c2=O)CC1. The van der Waals surface area contributed by atoms with Gasteiger partial charge in [0.05, 0.1) is 36.6 Å². The van der Waals surface area contributed by atoms with Gasteiger partial charge in [0.2, 0.25) is 5.43 Å². The van der Waals surface area contributed by atoms with Gasteiger partial charge in [0.1, 0.15) is 18.4 Å². The molecule has 0 bridgehead atoms. The number of hydrogen-bond donors (Lipinski definition) is 1. The van der Waals surface area contributed by atoms with Crippen LogP contribution in [-0.2, 0) is 16.1 Å². The number of benzene rings is 1. The summed E-state index contributed by atoms with van der Waals surface area (Å²) in [6, 6.07) is 5.06. The monoisotopic (exact) mass is 350 g/mol. The van der Waals surface area contributed by atoms with Crippen molar-refractivity contribution >= 4 is 28.5 Å². The highest BCUT2D eigenvalue weighted by molar-refractivity contribution is 6.31. The molecular formula is C18H21ClNO4+. The van der Waals surface area contributed by atoms with Crippen molar-refractivity contribution in [3.05, 3.63) is 45.3 Å². The molecule has 1 fully saturated rings. The average Bonchev–Trinajstić information content (AvgIpc) is 2.59. The number of nitrogens with one attached hydrogen (secondary N) is 1. The fourth-order valence-corrected chi connectivity index (χ4v) is 3.41. The molecule has 2 heterocycles. The zero-order valence-corrected chi connectivity index (χ0v) is 14.4. The van der Waals surface area contributed by atoms with Gasteiger partial charge in [-0.05, 0) is 25.1 Å². The predicted octanol–water partition coefficient (Wildman–Crippen LogP) is 1.80. The summed E-state index contributed by atoms with van der Waals surface area (Å²) in [5.41, 5.74) is 1.16. The van der Waals surface area contributed by atoms with Crippen molar-refractivity contribution in [2.75, 3.05) is 19.7 Å². The Balaban J connectivity index is 1.69. The van der Waals surface area contributed by atoms with Gasteiger partial charge in [0.25, 0.3) is 0 Å². The van der Waals surface area contributed by atoms with Crippen LogP contribution in [0.2, 0.25) is 5.02 Å². The number of ether oxygens (including phenoxy) is 1. The Bertz CT molecular complexity index is 793. The number of likely N-dealkylation sites (tertiary alicyclic amines) is 1. The maximum absolute atomic E-state index is 12.6. The maximum atomic E-state index is 12.6. The van der Waals surface area contributed by atoms with E-state index in [0.717, 1.165) is 25.9 Å². The van der Waals surface area contributed by atoms with Crippen LogP contribution in [0, 0.1) is 5.92 Å². The largest absolute Gasteiger partial charge is 0.466 e. The van der Waals surface area contributed by atoms with E-state index < -0.39 is 0 Å². The third kappa shape index (κ3) is 3.62. The summed E-state index contributed by atoms with van der Waals surface area (Å²) >= 11 is 5.98. The Hall–Kier alpha value is -1.85. The second kappa shape index (κ2) is 7.36. The molecular weight excluding hydrogens is 330 g/mol. The Morgan fingerprint density at radius 2 is 2.12 bits per heavy atom. The molecule has 1 aromatic carbocycles. The van der Waals surface area contributed by atoms with Gasteiger partial charge in [-0.1, -0.05) is 11.6 Å². The van der Waals surface area contributed by atoms with Gasteiger partial charge >= 0.3 is 5.97 Å². The van der Waals surface area contributed by atoms with E-state index in [9.17, 15) is 9.59 Å². The second-order valence-corrected chi connectivity index (χ2v) is 6.62. The molecule has 2 aromatic rings. The van der Waals surface area contributed by atoms with Crippen molar-refractivity contribution in [1.82, 2.24) is 0 Å². The van der Waals surface area contributed by atoms with Gasteiger partial charge in [-0.15, -0.1) is 0 Å². The highest BCUT2D eigenvalue weighted by atomic mass is 35.5. The van der Waals surface area contributed by atoms with E-state index in [1.165, 1.54) is 4.90 Å². The van der Waals surface area contributed by atoms with E-state index >= 15 is 0 Å². The fraction of sp³-hybridized carbons (Fsp3) is 0.444. The second-order valence-electron chi connectivity index (χ2n) is 6.18. The molecule has 0 spiro atoms.